The summed E-state index contributed by atoms with van der Waals surface area (Å²) in [5, 5.41) is 11.1. The number of aromatic nitrogens is 3. The molecule has 0 unspecified atom stereocenters. The highest BCUT2D eigenvalue weighted by Crippen LogP contribution is 2.40. The van der Waals surface area contributed by atoms with Crippen molar-refractivity contribution in [1.29, 1.82) is 0 Å². The second kappa shape index (κ2) is 12.1. The largest absolute Gasteiger partial charge is 0.385 e. The Morgan fingerprint density at radius 2 is 1.97 bits per heavy atom. The van der Waals surface area contributed by atoms with Crippen LogP contribution >= 0.6 is 24.0 Å². The van der Waals surface area contributed by atoms with Crippen molar-refractivity contribution in [2.45, 2.75) is 45.6 Å². The van der Waals surface area contributed by atoms with E-state index in [0.717, 1.165) is 43.3 Å². The molecular weight excluding hydrogens is 479 g/mol. The van der Waals surface area contributed by atoms with Gasteiger partial charge in [-0.1, -0.05) is 25.0 Å². The summed E-state index contributed by atoms with van der Waals surface area (Å²) in [5.41, 5.74) is 2.50. The molecule has 0 bridgehead atoms. The van der Waals surface area contributed by atoms with Crippen molar-refractivity contribution in [2.75, 3.05) is 26.8 Å². The topological polar surface area (TPSA) is 76.4 Å². The van der Waals surface area contributed by atoms with Crippen LogP contribution in [0.3, 0.4) is 0 Å². The van der Waals surface area contributed by atoms with Crippen LogP contribution in [0, 0.1) is 5.41 Å². The molecule has 2 N–H and O–H groups in total. The minimum absolute atomic E-state index is 0. The van der Waals surface area contributed by atoms with E-state index in [1.807, 2.05) is 12.1 Å². The van der Waals surface area contributed by atoms with E-state index in [2.05, 4.69) is 39.8 Å². The number of hydrogen-bond acceptors (Lipinski definition) is 4. The van der Waals surface area contributed by atoms with E-state index >= 15 is 0 Å². The summed E-state index contributed by atoms with van der Waals surface area (Å²) in [7, 11) is 1.79. The first-order valence-electron chi connectivity index (χ1n) is 10.2. The van der Waals surface area contributed by atoms with E-state index in [-0.39, 0.29) is 24.0 Å². The zero-order valence-corrected chi connectivity index (χ0v) is 19.8. The number of benzene rings is 1. The molecule has 160 valence electrons. The van der Waals surface area contributed by atoms with Gasteiger partial charge in [0.1, 0.15) is 12.7 Å². The Bertz CT molecular complexity index is 726. The highest BCUT2D eigenvalue weighted by atomic mass is 127. The Morgan fingerprint density at radius 3 is 2.59 bits per heavy atom. The van der Waals surface area contributed by atoms with Crippen LogP contribution in [0.1, 0.15) is 44.6 Å². The van der Waals surface area contributed by atoms with Crippen molar-refractivity contribution in [2.24, 2.45) is 10.4 Å². The molecule has 0 saturated heterocycles. The Kier molecular flexibility index (Phi) is 9.86. The molecule has 7 nitrogen and oxygen atoms in total. The number of nitrogens with one attached hydrogen (secondary N) is 2. The molecule has 0 amide bonds. The summed E-state index contributed by atoms with van der Waals surface area (Å²) in [6.45, 7) is 5.36. The molecule has 1 heterocycles. The van der Waals surface area contributed by atoms with E-state index in [1.165, 1.54) is 32.0 Å². The highest BCUT2D eigenvalue weighted by molar-refractivity contribution is 14.0. The van der Waals surface area contributed by atoms with Crippen molar-refractivity contribution in [1.82, 2.24) is 25.4 Å². The van der Waals surface area contributed by atoms with Crippen molar-refractivity contribution >= 4 is 29.9 Å². The number of ether oxygens (including phenoxy) is 1. The summed E-state index contributed by atoms with van der Waals surface area (Å²) in [5.74, 6) is 0.881. The fourth-order valence-corrected chi connectivity index (χ4v) is 3.84. The van der Waals surface area contributed by atoms with Gasteiger partial charge in [-0.3, -0.25) is 0 Å². The quantitative estimate of drug-likeness (QED) is 0.306. The average Bonchev–Trinajstić information content (AvgIpc) is 3.42. The lowest BCUT2D eigenvalue weighted by atomic mass is 9.83. The van der Waals surface area contributed by atoms with Gasteiger partial charge in [0.2, 0.25) is 0 Å². The van der Waals surface area contributed by atoms with Crippen LogP contribution in [0.4, 0.5) is 0 Å². The van der Waals surface area contributed by atoms with Crippen molar-refractivity contribution < 1.29 is 4.74 Å². The maximum atomic E-state index is 5.34. The molecule has 1 aliphatic carbocycles. The number of nitrogens with zero attached hydrogens (tertiary/aromatic N) is 4. The first kappa shape index (κ1) is 23.6. The lowest BCUT2D eigenvalue weighted by Crippen LogP contribution is -2.43. The van der Waals surface area contributed by atoms with Gasteiger partial charge in [0.25, 0.3) is 0 Å². The Balaban J connectivity index is 0.00000300. The molecular formula is C21H33IN6O. The maximum absolute atomic E-state index is 5.34. The number of aliphatic imine (C=N–C) groups is 1. The third kappa shape index (κ3) is 6.95. The van der Waals surface area contributed by atoms with Crippen molar-refractivity contribution in [3.05, 3.63) is 42.5 Å². The molecule has 0 radical (unpaired) electrons. The number of rotatable bonds is 9. The predicted octanol–water partition coefficient (Wildman–Crippen LogP) is 3.54. The molecule has 0 atom stereocenters. The summed E-state index contributed by atoms with van der Waals surface area (Å²) in [4.78, 5) is 8.76. The lowest BCUT2D eigenvalue weighted by Gasteiger charge is -2.30. The predicted molar refractivity (Wildman–Crippen MR) is 127 cm³/mol. The van der Waals surface area contributed by atoms with Crippen LogP contribution in [-0.4, -0.2) is 47.5 Å². The van der Waals surface area contributed by atoms with E-state index in [4.69, 9.17) is 9.73 Å². The number of hydrogen-bond donors (Lipinski definition) is 2. The van der Waals surface area contributed by atoms with E-state index in [9.17, 15) is 0 Å². The first-order chi connectivity index (χ1) is 13.7. The van der Waals surface area contributed by atoms with E-state index in [0.29, 0.717) is 12.0 Å². The van der Waals surface area contributed by atoms with E-state index in [1.54, 1.807) is 18.1 Å². The van der Waals surface area contributed by atoms with Gasteiger partial charge in [-0.05, 0) is 49.3 Å². The lowest BCUT2D eigenvalue weighted by molar-refractivity contribution is 0.138. The molecule has 3 rings (SSSR count). The molecule has 0 spiro atoms. The Hall–Kier alpha value is -1.68. The normalized spacial score (nSPS) is 15.7. The maximum Gasteiger partial charge on any atom is 0.191 e. The second-order valence-corrected chi connectivity index (χ2v) is 7.51. The van der Waals surface area contributed by atoms with Gasteiger partial charge in [-0.15, -0.1) is 24.0 Å². The SMILES string of the molecule is CCNC(=NCc1ccc(-n2cncn2)cc1)NCC1(CCOC)CCCC1.I. The Labute approximate surface area is 190 Å². The van der Waals surface area contributed by atoms with Gasteiger partial charge in [0.15, 0.2) is 5.96 Å². The van der Waals surface area contributed by atoms with Gasteiger partial charge in [0, 0.05) is 26.8 Å². The van der Waals surface area contributed by atoms with Crippen LogP contribution in [-0.2, 0) is 11.3 Å². The van der Waals surface area contributed by atoms with Gasteiger partial charge in [-0.2, -0.15) is 5.10 Å². The van der Waals surface area contributed by atoms with Crippen LogP contribution in [0.25, 0.3) is 5.69 Å². The summed E-state index contributed by atoms with van der Waals surface area (Å²) < 4.78 is 7.09. The van der Waals surface area contributed by atoms with Crippen molar-refractivity contribution in [3.8, 4) is 5.69 Å². The van der Waals surface area contributed by atoms with Gasteiger partial charge in [0.05, 0.1) is 12.2 Å². The second-order valence-electron chi connectivity index (χ2n) is 7.51. The number of methoxy groups -OCH3 is 1. The van der Waals surface area contributed by atoms with E-state index < -0.39 is 0 Å². The zero-order chi connectivity index (χ0) is 19.7. The van der Waals surface area contributed by atoms with Gasteiger partial charge in [-0.25, -0.2) is 14.7 Å². The number of guanidine groups is 1. The average molecular weight is 512 g/mol. The smallest absolute Gasteiger partial charge is 0.191 e. The number of halogens is 1. The summed E-state index contributed by atoms with van der Waals surface area (Å²) in [6, 6.07) is 8.25. The monoisotopic (exact) mass is 512 g/mol. The molecule has 1 fully saturated rings. The zero-order valence-electron chi connectivity index (χ0n) is 17.4. The molecule has 2 aromatic rings. The fraction of sp³-hybridized carbons (Fsp3) is 0.571. The molecule has 1 aromatic carbocycles. The fourth-order valence-electron chi connectivity index (χ4n) is 3.84. The highest BCUT2D eigenvalue weighted by Gasteiger charge is 2.33. The molecule has 8 heteroatoms. The summed E-state index contributed by atoms with van der Waals surface area (Å²) >= 11 is 0. The van der Waals surface area contributed by atoms with Gasteiger partial charge < -0.3 is 15.4 Å². The molecule has 29 heavy (non-hydrogen) atoms. The Morgan fingerprint density at radius 1 is 1.21 bits per heavy atom. The van der Waals surface area contributed by atoms with Gasteiger partial charge >= 0.3 is 0 Å². The van der Waals surface area contributed by atoms with Crippen LogP contribution in [0.5, 0.6) is 0 Å². The minimum atomic E-state index is 0. The summed E-state index contributed by atoms with van der Waals surface area (Å²) in [6.07, 6.45) is 9.52. The molecule has 1 aliphatic rings. The molecule has 1 aromatic heterocycles. The van der Waals surface area contributed by atoms with Crippen LogP contribution < -0.4 is 10.6 Å². The third-order valence-corrected chi connectivity index (χ3v) is 5.52. The standard InChI is InChI=1S/C21H32N6O.HI/c1-3-23-20(25-15-21(12-13-28-2)10-4-5-11-21)24-14-18-6-8-19(9-7-18)27-17-22-16-26-27;/h6-9,16-17H,3-5,10-15H2,1-2H3,(H2,23,24,25);1H. The molecule has 1 saturated carbocycles. The third-order valence-electron chi connectivity index (χ3n) is 5.52. The van der Waals surface area contributed by atoms with Crippen LogP contribution in [0.2, 0.25) is 0 Å². The first-order valence-corrected chi connectivity index (χ1v) is 10.2. The van der Waals surface area contributed by atoms with Crippen molar-refractivity contribution in [3.63, 3.8) is 0 Å². The van der Waals surface area contributed by atoms with Crippen LogP contribution in [0.15, 0.2) is 41.9 Å². The minimum Gasteiger partial charge on any atom is -0.385 e. The molecule has 0 aliphatic heterocycles.